The minimum absolute atomic E-state index is 0.0207. The van der Waals surface area contributed by atoms with E-state index < -0.39 is 10.8 Å². The minimum Gasteiger partial charge on any atom is -0.495 e. The Morgan fingerprint density at radius 1 is 1.29 bits per heavy atom. The van der Waals surface area contributed by atoms with E-state index in [2.05, 4.69) is 5.32 Å². The van der Waals surface area contributed by atoms with Gasteiger partial charge in [0, 0.05) is 36.9 Å². The number of carbonyl (C=O) groups excluding carboxylic acids is 2. The molecule has 2 aromatic rings. The molecule has 0 spiro atoms. The first kappa shape index (κ1) is 19.1. The predicted octanol–water partition coefficient (Wildman–Crippen LogP) is 3.38. The topological polar surface area (TPSA) is 102 Å². The lowest BCUT2D eigenvalue weighted by atomic mass is 10.2. The molecule has 144 valence electrons. The normalized spacial score (nSPS) is 13.8. The van der Waals surface area contributed by atoms with Gasteiger partial charge in [0.15, 0.2) is 0 Å². The Balaban J connectivity index is 1.74. The fourth-order valence-corrected chi connectivity index (χ4v) is 2.98. The molecule has 1 aliphatic heterocycles. The summed E-state index contributed by atoms with van der Waals surface area (Å²) in [5.41, 5.74) is 1.63. The zero-order chi connectivity index (χ0) is 20.1. The molecule has 1 N–H and O–H groups in total. The molecular weight excluding hydrogens is 362 g/mol. The number of hydrogen-bond donors (Lipinski definition) is 1. The Morgan fingerprint density at radius 2 is 2.11 bits per heavy atom. The van der Waals surface area contributed by atoms with Crippen LogP contribution < -0.4 is 15.0 Å². The largest absolute Gasteiger partial charge is 0.495 e. The van der Waals surface area contributed by atoms with E-state index in [4.69, 9.17) is 4.74 Å². The molecule has 0 atom stereocenters. The van der Waals surface area contributed by atoms with Gasteiger partial charge < -0.3 is 15.0 Å². The standard InChI is InChI=1S/C20H19N3O5/c1-28-18-9-8-15(13-17(18)22-11-3-6-20(22)25)21-19(24)10-7-14-4-2-5-16(12-14)23(26)27/h2,4-5,7-10,12-13H,3,6,11H2,1H3,(H,21,24)/b10-7+. The summed E-state index contributed by atoms with van der Waals surface area (Å²) in [6.45, 7) is 0.610. The third-order valence-electron chi connectivity index (χ3n) is 4.32. The number of non-ortho nitro benzene ring substituents is 1. The van der Waals surface area contributed by atoms with Crippen molar-refractivity contribution >= 4 is 35.0 Å². The fourth-order valence-electron chi connectivity index (χ4n) is 2.98. The molecular formula is C20H19N3O5. The van der Waals surface area contributed by atoms with Crippen LogP contribution in [0.1, 0.15) is 18.4 Å². The molecule has 1 fully saturated rings. The van der Waals surface area contributed by atoms with Crippen molar-refractivity contribution in [2.75, 3.05) is 23.9 Å². The molecule has 0 aliphatic carbocycles. The number of benzene rings is 2. The van der Waals surface area contributed by atoms with E-state index in [1.54, 1.807) is 35.2 Å². The van der Waals surface area contributed by atoms with E-state index in [0.717, 1.165) is 6.42 Å². The van der Waals surface area contributed by atoms with Gasteiger partial charge in [0.2, 0.25) is 11.8 Å². The van der Waals surface area contributed by atoms with Gasteiger partial charge in [-0.1, -0.05) is 12.1 Å². The maximum absolute atomic E-state index is 12.2. The van der Waals surface area contributed by atoms with Crippen molar-refractivity contribution in [3.63, 3.8) is 0 Å². The molecule has 8 nitrogen and oxygen atoms in total. The Hall–Kier alpha value is -3.68. The van der Waals surface area contributed by atoms with E-state index in [1.165, 1.54) is 31.4 Å². The van der Waals surface area contributed by atoms with Crippen molar-refractivity contribution in [3.8, 4) is 5.75 Å². The molecule has 28 heavy (non-hydrogen) atoms. The molecule has 2 amide bonds. The van der Waals surface area contributed by atoms with Crippen LogP contribution in [0.25, 0.3) is 6.08 Å². The number of rotatable bonds is 6. The average molecular weight is 381 g/mol. The number of amides is 2. The van der Waals surface area contributed by atoms with E-state index in [-0.39, 0.29) is 11.6 Å². The lowest BCUT2D eigenvalue weighted by Crippen LogP contribution is -2.24. The number of carbonyl (C=O) groups is 2. The molecule has 0 saturated carbocycles. The van der Waals surface area contributed by atoms with E-state index in [0.29, 0.717) is 35.7 Å². The zero-order valence-electron chi connectivity index (χ0n) is 15.3. The number of hydrogen-bond acceptors (Lipinski definition) is 5. The highest BCUT2D eigenvalue weighted by molar-refractivity contribution is 6.03. The molecule has 0 aromatic heterocycles. The van der Waals surface area contributed by atoms with Gasteiger partial charge in [0.1, 0.15) is 5.75 Å². The van der Waals surface area contributed by atoms with Crippen molar-refractivity contribution in [1.82, 2.24) is 0 Å². The molecule has 8 heteroatoms. The molecule has 0 radical (unpaired) electrons. The van der Waals surface area contributed by atoms with Gasteiger partial charge in [-0.05, 0) is 36.3 Å². The van der Waals surface area contributed by atoms with Crippen molar-refractivity contribution in [2.24, 2.45) is 0 Å². The van der Waals surface area contributed by atoms with Gasteiger partial charge in [-0.15, -0.1) is 0 Å². The second kappa shape index (κ2) is 8.34. The quantitative estimate of drug-likeness (QED) is 0.469. The predicted molar refractivity (Wildman–Crippen MR) is 105 cm³/mol. The lowest BCUT2D eigenvalue weighted by Gasteiger charge is -2.20. The Labute approximate surface area is 161 Å². The average Bonchev–Trinajstić information content (AvgIpc) is 3.12. The number of nitro groups is 1. The van der Waals surface area contributed by atoms with Crippen LogP contribution in [0.3, 0.4) is 0 Å². The van der Waals surface area contributed by atoms with Crippen LogP contribution in [-0.2, 0) is 9.59 Å². The van der Waals surface area contributed by atoms with E-state index in [1.807, 2.05) is 0 Å². The number of anilines is 2. The fraction of sp³-hybridized carbons (Fsp3) is 0.200. The first-order valence-electron chi connectivity index (χ1n) is 8.70. The molecule has 1 saturated heterocycles. The zero-order valence-corrected chi connectivity index (χ0v) is 15.3. The van der Waals surface area contributed by atoms with Crippen LogP contribution in [0.4, 0.5) is 17.1 Å². The van der Waals surface area contributed by atoms with Gasteiger partial charge in [-0.2, -0.15) is 0 Å². The molecule has 1 aliphatic rings. The summed E-state index contributed by atoms with van der Waals surface area (Å²) in [5.74, 6) is 0.183. The summed E-state index contributed by atoms with van der Waals surface area (Å²) in [6, 6.07) is 11.1. The first-order valence-corrected chi connectivity index (χ1v) is 8.70. The monoisotopic (exact) mass is 381 g/mol. The van der Waals surface area contributed by atoms with Crippen LogP contribution in [0.5, 0.6) is 5.75 Å². The Bertz CT molecular complexity index is 955. The Kier molecular flexibility index (Phi) is 5.69. The molecule has 2 aromatic carbocycles. The van der Waals surface area contributed by atoms with Crippen LogP contribution in [-0.4, -0.2) is 30.4 Å². The van der Waals surface area contributed by atoms with Crippen molar-refractivity contribution in [2.45, 2.75) is 12.8 Å². The van der Waals surface area contributed by atoms with Gasteiger partial charge in [0.05, 0.1) is 17.7 Å². The highest BCUT2D eigenvalue weighted by Crippen LogP contribution is 2.34. The van der Waals surface area contributed by atoms with Crippen LogP contribution in [0, 0.1) is 10.1 Å². The molecule has 0 bridgehead atoms. The smallest absolute Gasteiger partial charge is 0.270 e. The molecule has 1 heterocycles. The second-order valence-electron chi connectivity index (χ2n) is 6.21. The molecule has 0 unspecified atom stereocenters. The van der Waals surface area contributed by atoms with E-state index in [9.17, 15) is 19.7 Å². The summed E-state index contributed by atoms with van der Waals surface area (Å²) < 4.78 is 5.33. The summed E-state index contributed by atoms with van der Waals surface area (Å²) in [6.07, 6.45) is 4.07. The maximum Gasteiger partial charge on any atom is 0.270 e. The number of ether oxygens (including phenoxy) is 1. The summed E-state index contributed by atoms with van der Waals surface area (Å²) >= 11 is 0. The third-order valence-corrected chi connectivity index (χ3v) is 4.32. The minimum atomic E-state index is -0.490. The van der Waals surface area contributed by atoms with Gasteiger partial charge in [0.25, 0.3) is 5.69 Å². The first-order chi connectivity index (χ1) is 13.5. The second-order valence-corrected chi connectivity index (χ2v) is 6.21. The van der Waals surface area contributed by atoms with Gasteiger partial charge in [-0.25, -0.2) is 0 Å². The number of methoxy groups -OCH3 is 1. The molecule has 3 rings (SSSR count). The third kappa shape index (κ3) is 4.35. The van der Waals surface area contributed by atoms with Gasteiger partial charge in [-0.3, -0.25) is 19.7 Å². The lowest BCUT2D eigenvalue weighted by molar-refractivity contribution is -0.384. The van der Waals surface area contributed by atoms with Crippen molar-refractivity contribution < 1.29 is 19.2 Å². The van der Waals surface area contributed by atoms with Crippen LogP contribution in [0.15, 0.2) is 48.5 Å². The van der Waals surface area contributed by atoms with E-state index >= 15 is 0 Å². The van der Waals surface area contributed by atoms with Crippen molar-refractivity contribution in [1.29, 1.82) is 0 Å². The van der Waals surface area contributed by atoms with Crippen molar-refractivity contribution in [3.05, 3.63) is 64.2 Å². The highest BCUT2D eigenvalue weighted by atomic mass is 16.6. The van der Waals surface area contributed by atoms with Crippen LogP contribution in [0.2, 0.25) is 0 Å². The summed E-state index contributed by atoms with van der Waals surface area (Å²) in [4.78, 5) is 36.2. The number of nitrogens with one attached hydrogen (secondary N) is 1. The maximum atomic E-state index is 12.2. The summed E-state index contributed by atoms with van der Waals surface area (Å²) in [7, 11) is 1.53. The SMILES string of the molecule is COc1ccc(NC(=O)/C=C/c2cccc([N+](=O)[O-])c2)cc1N1CCCC1=O. The summed E-state index contributed by atoms with van der Waals surface area (Å²) in [5, 5.41) is 13.5. The van der Waals surface area contributed by atoms with Gasteiger partial charge >= 0.3 is 0 Å². The number of nitro benzene ring substituents is 1. The van der Waals surface area contributed by atoms with Crippen LogP contribution >= 0.6 is 0 Å². The highest BCUT2D eigenvalue weighted by Gasteiger charge is 2.24. The Morgan fingerprint density at radius 3 is 2.79 bits per heavy atom. The number of nitrogens with zero attached hydrogens (tertiary/aromatic N) is 2.